The summed E-state index contributed by atoms with van der Waals surface area (Å²) in [5.74, 6) is 0.313. The fourth-order valence-electron chi connectivity index (χ4n) is 3.05. The maximum absolute atomic E-state index is 13.5. The molecule has 3 aromatic carbocycles. The van der Waals surface area contributed by atoms with Crippen molar-refractivity contribution in [1.82, 2.24) is 0 Å². The maximum atomic E-state index is 13.5. The number of nitrogens with zero attached hydrogens (tertiary/aromatic N) is 1. The molecular weight excluding hydrogens is 430 g/mol. The molecule has 0 radical (unpaired) electrons. The molecule has 0 saturated heterocycles. The number of carbonyl (C=O) groups is 2. The normalized spacial score (nSPS) is 11.0. The molecule has 32 heavy (non-hydrogen) atoms. The Bertz CT molecular complexity index is 1200. The SMILES string of the molecule is COc1ccc(CN(c2ccc(C(C)=O)cc2)S(=O)(=O)c2ccc(OC(C)=O)cc2)cc1. The summed E-state index contributed by atoms with van der Waals surface area (Å²) in [5.41, 5.74) is 1.65. The van der Waals surface area contributed by atoms with Gasteiger partial charge in [0, 0.05) is 12.5 Å². The summed E-state index contributed by atoms with van der Waals surface area (Å²) in [6.07, 6.45) is 0. The zero-order valence-electron chi connectivity index (χ0n) is 17.9. The van der Waals surface area contributed by atoms with E-state index in [0.717, 1.165) is 5.56 Å². The van der Waals surface area contributed by atoms with Crippen molar-refractivity contribution < 1.29 is 27.5 Å². The van der Waals surface area contributed by atoms with Gasteiger partial charge in [-0.1, -0.05) is 12.1 Å². The maximum Gasteiger partial charge on any atom is 0.308 e. The van der Waals surface area contributed by atoms with Crippen LogP contribution in [0.3, 0.4) is 0 Å². The molecule has 0 fully saturated rings. The van der Waals surface area contributed by atoms with Crippen LogP contribution in [0.5, 0.6) is 11.5 Å². The number of methoxy groups -OCH3 is 1. The molecule has 166 valence electrons. The molecule has 0 aliphatic carbocycles. The Hall–Kier alpha value is -3.65. The van der Waals surface area contributed by atoms with Crippen LogP contribution in [0.25, 0.3) is 0 Å². The van der Waals surface area contributed by atoms with Gasteiger partial charge in [-0.2, -0.15) is 0 Å². The lowest BCUT2D eigenvalue weighted by atomic mass is 10.1. The van der Waals surface area contributed by atoms with Crippen LogP contribution in [0.4, 0.5) is 5.69 Å². The monoisotopic (exact) mass is 453 g/mol. The summed E-state index contributed by atoms with van der Waals surface area (Å²) in [4.78, 5) is 22.8. The average molecular weight is 454 g/mol. The minimum absolute atomic E-state index is 0.0394. The Morgan fingerprint density at radius 1 is 0.812 bits per heavy atom. The van der Waals surface area contributed by atoms with Crippen molar-refractivity contribution in [3.63, 3.8) is 0 Å². The molecule has 3 aromatic rings. The van der Waals surface area contributed by atoms with Crippen molar-refractivity contribution in [1.29, 1.82) is 0 Å². The van der Waals surface area contributed by atoms with Crippen molar-refractivity contribution in [2.24, 2.45) is 0 Å². The predicted octanol–water partition coefficient (Wildman–Crippen LogP) is 4.22. The molecule has 7 nitrogen and oxygen atoms in total. The van der Waals surface area contributed by atoms with Gasteiger partial charge in [0.05, 0.1) is 24.2 Å². The number of ketones is 1. The molecule has 0 atom stereocenters. The first-order valence-electron chi connectivity index (χ1n) is 9.76. The summed E-state index contributed by atoms with van der Waals surface area (Å²) in [5, 5.41) is 0. The van der Waals surface area contributed by atoms with Crippen LogP contribution in [-0.2, 0) is 21.4 Å². The number of benzene rings is 3. The van der Waals surface area contributed by atoms with E-state index in [1.54, 1.807) is 55.6 Å². The van der Waals surface area contributed by atoms with Crippen LogP contribution in [0.1, 0.15) is 29.8 Å². The molecular formula is C24H23NO6S. The van der Waals surface area contributed by atoms with Crippen molar-refractivity contribution in [3.05, 3.63) is 83.9 Å². The van der Waals surface area contributed by atoms with Gasteiger partial charge in [-0.05, 0) is 73.2 Å². The highest BCUT2D eigenvalue weighted by atomic mass is 32.2. The molecule has 0 heterocycles. The van der Waals surface area contributed by atoms with E-state index in [9.17, 15) is 18.0 Å². The quantitative estimate of drug-likeness (QED) is 0.288. The number of ether oxygens (including phenoxy) is 2. The Balaban J connectivity index is 2.01. The highest BCUT2D eigenvalue weighted by Gasteiger charge is 2.25. The first-order valence-corrected chi connectivity index (χ1v) is 11.2. The van der Waals surface area contributed by atoms with E-state index in [1.807, 2.05) is 0 Å². The number of hydrogen-bond acceptors (Lipinski definition) is 6. The predicted molar refractivity (Wildman–Crippen MR) is 121 cm³/mol. The zero-order chi connectivity index (χ0) is 23.3. The minimum atomic E-state index is -3.97. The van der Waals surface area contributed by atoms with E-state index >= 15 is 0 Å². The number of sulfonamides is 1. The number of carbonyl (C=O) groups excluding carboxylic acids is 2. The van der Waals surface area contributed by atoms with Crippen molar-refractivity contribution in [2.75, 3.05) is 11.4 Å². The van der Waals surface area contributed by atoms with Gasteiger partial charge in [-0.3, -0.25) is 13.9 Å². The second-order valence-corrected chi connectivity index (χ2v) is 8.89. The third-order valence-corrected chi connectivity index (χ3v) is 6.51. The highest BCUT2D eigenvalue weighted by molar-refractivity contribution is 7.92. The highest BCUT2D eigenvalue weighted by Crippen LogP contribution is 2.28. The second kappa shape index (κ2) is 9.65. The molecule has 8 heteroatoms. The summed E-state index contributed by atoms with van der Waals surface area (Å²) >= 11 is 0. The molecule has 0 unspecified atom stereocenters. The van der Waals surface area contributed by atoms with Gasteiger partial charge >= 0.3 is 5.97 Å². The van der Waals surface area contributed by atoms with E-state index in [4.69, 9.17) is 9.47 Å². The van der Waals surface area contributed by atoms with Crippen LogP contribution in [0.15, 0.2) is 77.7 Å². The molecule has 0 bridgehead atoms. The Morgan fingerprint density at radius 3 is 1.88 bits per heavy atom. The molecule has 0 spiro atoms. The van der Waals surface area contributed by atoms with E-state index in [2.05, 4.69) is 0 Å². The lowest BCUT2D eigenvalue weighted by Crippen LogP contribution is -2.30. The lowest BCUT2D eigenvalue weighted by Gasteiger charge is -2.25. The minimum Gasteiger partial charge on any atom is -0.497 e. The molecule has 0 aliphatic rings. The molecule has 0 N–H and O–H groups in total. The number of Topliss-reactive ketones (excluding diaryl/α,β-unsaturated/α-hetero) is 1. The number of esters is 1. The third kappa shape index (κ3) is 5.33. The number of rotatable bonds is 8. The van der Waals surface area contributed by atoms with Gasteiger partial charge < -0.3 is 9.47 Å². The van der Waals surface area contributed by atoms with E-state index in [1.165, 1.54) is 42.4 Å². The van der Waals surface area contributed by atoms with Gasteiger partial charge in [0.1, 0.15) is 11.5 Å². The first-order chi connectivity index (χ1) is 15.2. The largest absolute Gasteiger partial charge is 0.497 e. The van der Waals surface area contributed by atoms with Crippen LogP contribution >= 0.6 is 0 Å². The lowest BCUT2D eigenvalue weighted by molar-refractivity contribution is -0.131. The van der Waals surface area contributed by atoms with Crippen LogP contribution in [0.2, 0.25) is 0 Å². The van der Waals surface area contributed by atoms with Crippen LogP contribution in [-0.4, -0.2) is 27.3 Å². The van der Waals surface area contributed by atoms with E-state index < -0.39 is 16.0 Å². The van der Waals surface area contributed by atoms with Gasteiger partial charge in [0.2, 0.25) is 0 Å². The van der Waals surface area contributed by atoms with Gasteiger partial charge in [0.25, 0.3) is 10.0 Å². The molecule has 0 aromatic heterocycles. The first kappa shape index (κ1) is 23.0. The van der Waals surface area contributed by atoms with Gasteiger partial charge in [-0.15, -0.1) is 0 Å². The van der Waals surface area contributed by atoms with Crippen LogP contribution < -0.4 is 13.8 Å². The summed E-state index contributed by atoms with van der Waals surface area (Å²) < 4.78 is 38.5. The summed E-state index contributed by atoms with van der Waals surface area (Å²) in [6, 6.07) is 19.1. The summed E-state index contributed by atoms with van der Waals surface area (Å²) in [7, 11) is -2.41. The zero-order valence-corrected chi connectivity index (χ0v) is 18.8. The van der Waals surface area contributed by atoms with E-state index in [-0.39, 0.29) is 23.0 Å². The fourth-order valence-corrected chi connectivity index (χ4v) is 4.50. The fraction of sp³-hybridized carbons (Fsp3) is 0.167. The molecule has 3 rings (SSSR count). The van der Waals surface area contributed by atoms with Crippen molar-refractivity contribution >= 4 is 27.5 Å². The standard InChI is InChI=1S/C24H23NO6S/c1-17(26)20-6-8-21(9-7-20)25(16-19-4-10-22(30-3)11-5-19)32(28,29)24-14-12-23(13-15-24)31-18(2)27/h4-15H,16H2,1-3H3. The van der Waals surface area contributed by atoms with E-state index in [0.29, 0.717) is 17.0 Å². The Kier molecular flexibility index (Phi) is 6.95. The summed E-state index contributed by atoms with van der Waals surface area (Å²) in [6.45, 7) is 2.79. The average Bonchev–Trinajstić information content (AvgIpc) is 2.78. The smallest absolute Gasteiger partial charge is 0.308 e. The van der Waals surface area contributed by atoms with Crippen LogP contribution in [0, 0.1) is 0 Å². The molecule has 0 aliphatic heterocycles. The second-order valence-electron chi connectivity index (χ2n) is 7.03. The molecule has 0 saturated carbocycles. The van der Waals surface area contributed by atoms with Gasteiger partial charge in [0.15, 0.2) is 5.78 Å². The Morgan fingerprint density at radius 2 is 1.38 bits per heavy atom. The molecule has 0 amide bonds. The van der Waals surface area contributed by atoms with Crippen molar-refractivity contribution in [2.45, 2.75) is 25.3 Å². The van der Waals surface area contributed by atoms with Crippen molar-refractivity contribution in [3.8, 4) is 11.5 Å². The number of hydrogen-bond donors (Lipinski definition) is 0. The van der Waals surface area contributed by atoms with Gasteiger partial charge in [-0.25, -0.2) is 8.42 Å². The Labute approximate surface area is 187 Å². The topological polar surface area (TPSA) is 90.0 Å². The number of anilines is 1. The third-order valence-electron chi connectivity index (χ3n) is 4.72.